The summed E-state index contributed by atoms with van der Waals surface area (Å²) in [7, 11) is 0. The lowest BCUT2D eigenvalue weighted by atomic mass is 9.82. The van der Waals surface area contributed by atoms with Crippen molar-refractivity contribution in [3.05, 3.63) is 40.8 Å². The Morgan fingerprint density at radius 2 is 1.98 bits per heavy atom. The normalized spacial score (nSPS) is 22.4. The molecule has 2 aliphatic rings. The summed E-state index contributed by atoms with van der Waals surface area (Å²) < 4.78 is 16.1. The Morgan fingerprint density at radius 1 is 1.28 bits per heavy atom. The molecule has 11 heteroatoms. The number of hydrogen-bond acceptors (Lipinski definition) is 10. The van der Waals surface area contributed by atoms with Crippen molar-refractivity contribution in [2.45, 2.75) is 90.4 Å². The maximum atomic E-state index is 11.8. The van der Waals surface area contributed by atoms with Crippen LogP contribution in [0, 0.1) is 16.7 Å². The summed E-state index contributed by atoms with van der Waals surface area (Å²) in [6, 6.07) is 8.96. The molecule has 43 heavy (non-hydrogen) atoms. The van der Waals surface area contributed by atoms with Crippen LogP contribution in [-0.4, -0.2) is 74.9 Å². The van der Waals surface area contributed by atoms with Crippen molar-refractivity contribution in [3.8, 4) is 6.07 Å². The third kappa shape index (κ3) is 10.9. The van der Waals surface area contributed by atoms with Crippen LogP contribution in [0.2, 0.25) is 0 Å². The van der Waals surface area contributed by atoms with Gasteiger partial charge in [0.05, 0.1) is 30.4 Å². The fourth-order valence-corrected chi connectivity index (χ4v) is 5.48. The summed E-state index contributed by atoms with van der Waals surface area (Å²) in [4.78, 5) is 20.8. The SMILES string of the molecule is C=N/C(=C\C(=C(/C)Cl)c1cccc(NCC2(C#N)CCOCC2)n1)N[C@H]1CC[C@H](N[C@H](C)CO[C@H](C)C(=O)OCC)CC1. The number of halogens is 1. The highest BCUT2D eigenvalue weighted by Crippen LogP contribution is 2.30. The minimum Gasteiger partial charge on any atom is -0.464 e. The van der Waals surface area contributed by atoms with Crippen molar-refractivity contribution < 1.29 is 19.0 Å². The van der Waals surface area contributed by atoms with Crippen LogP contribution in [0.4, 0.5) is 5.82 Å². The molecule has 1 aromatic rings. The Labute approximate surface area is 261 Å². The molecule has 0 bridgehead atoms. The minimum atomic E-state index is -0.571. The molecule has 3 N–H and O–H groups in total. The van der Waals surface area contributed by atoms with Crippen LogP contribution >= 0.6 is 11.6 Å². The van der Waals surface area contributed by atoms with Crippen molar-refractivity contribution in [1.82, 2.24) is 15.6 Å². The zero-order chi connectivity index (χ0) is 31.2. The molecule has 2 atom stereocenters. The molecule has 10 nitrogen and oxygen atoms in total. The number of carbonyl (C=O) groups is 1. The Hall–Kier alpha value is -2.97. The number of nitrogens with one attached hydrogen (secondary N) is 3. The summed E-state index contributed by atoms with van der Waals surface area (Å²) >= 11 is 6.55. The molecule has 236 valence electrons. The van der Waals surface area contributed by atoms with Crippen LogP contribution < -0.4 is 16.0 Å². The second kappa shape index (κ2) is 17.4. The molecule has 2 heterocycles. The number of aromatic nitrogens is 1. The molecule has 1 aromatic heterocycles. The van der Waals surface area contributed by atoms with E-state index in [1.165, 1.54) is 0 Å². The molecular formula is C32H47ClN6O4. The lowest BCUT2D eigenvalue weighted by molar-refractivity contribution is -0.155. The molecule has 1 saturated carbocycles. The van der Waals surface area contributed by atoms with Crippen LogP contribution in [0.5, 0.6) is 0 Å². The summed E-state index contributed by atoms with van der Waals surface area (Å²) in [5.74, 6) is 0.999. The van der Waals surface area contributed by atoms with Gasteiger partial charge in [-0.1, -0.05) is 17.7 Å². The number of pyridine rings is 1. The van der Waals surface area contributed by atoms with E-state index in [9.17, 15) is 10.1 Å². The number of nitrogens with zero attached hydrogens (tertiary/aromatic N) is 3. The van der Waals surface area contributed by atoms with Gasteiger partial charge in [-0.15, -0.1) is 0 Å². The largest absolute Gasteiger partial charge is 0.464 e. The standard InChI is InChI=1S/C32H47ClN6O4/c1-6-42-31(40)24(4)43-19-22(2)37-25-10-12-26(13-11-25)38-30(35-5)18-27(23(3)33)28-8-7-9-29(39-28)36-21-32(20-34)14-16-41-17-15-32/h7-9,18,22,24-26,37-38H,5-6,10-17,19,21H2,1-4H3,(H,36,39)/b27-23-,30-18+/t22-,24-,25-,26-/m1/s1. The molecule has 1 saturated heterocycles. The Bertz CT molecular complexity index is 1160. The van der Waals surface area contributed by atoms with Crippen LogP contribution in [0.15, 0.2) is 40.1 Å². The van der Waals surface area contributed by atoms with Crippen molar-refractivity contribution >= 4 is 35.7 Å². The van der Waals surface area contributed by atoms with Gasteiger partial charge in [-0.3, -0.25) is 0 Å². The molecule has 1 aliphatic carbocycles. The van der Waals surface area contributed by atoms with Crippen LogP contribution in [-0.2, 0) is 19.0 Å². The number of esters is 1. The Balaban J connectivity index is 1.54. The highest BCUT2D eigenvalue weighted by atomic mass is 35.5. The van der Waals surface area contributed by atoms with Crippen molar-refractivity contribution in [2.75, 3.05) is 38.3 Å². The Morgan fingerprint density at radius 3 is 2.60 bits per heavy atom. The van der Waals surface area contributed by atoms with Crippen molar-refractivity contribution in [1.29, 1.82) is 5.26 Å². The number of ether oxygens (including phenoxy) is 3. The predicted octanol–water partition coefficient (Wildman–Crippen LogP) is 5.17. The number of rotatable bonds is 15. The van der Waals surface area contributed by atoms with E-state index in [1.54, 1.807) is 13.8 Å². The average molecular weight is 615 g/mol. The summed E-state index contributed by atoms with van der Waals surface area (Å²) in [6.07, 6.45) is 6.67. The predicted molar refractivity (Wildman–Crippen MR) is 171 cm³/mol. The van der Waals surface area contributed by atoms with E-state index in [0.29, 0.717) is 74.2 Å². The third-order valence-electron chi connectivity index (χ3n) is 7.96. The molecule has 0 unspecified atom stereocenters. The minimum absolute atomic E-state index is 0.121. The second-order valence-corrected chi connectivity index (χ2v) is 12.0. The first-order chi connectivity index (χ1) is 20.7. The zero-order valence-electron chi connectivity index (χ0n) is 26.0. The second-order valence-electron chi connectivity index (χ2n) is 11.4. The highest BCUT2D eigenvalue weighted by Gasteiger charge is 2.32. The van der Waals surface area contributed by atoms with Crippen molar-refractivity contribution in [2.24, 2.45) is 10.4 Å². The highest BCUT2D eigenvalue weighted by molar-refractivity contribution is 6.32. The van der Waals surface area contributed by atoms with E-state index in [-0.39, 0.29) is 18.1 Å². The van der Waals surface area contributed by atoms with Gasteiger partial charge < -0.3 is 30.2 Å². The molecule has 0 spiro atoms. The fraction of sp³-hybridized carbons (Fsp3) is 0.625. The first kappa shape index (κ1) is 34.5. The van der Waals surface area contributed by atoms with Crippen LogP contribution in [0.3, 0.4) is 0 Å². The Kier molecular flexibility index (Phi) is 13.9. The van der Waals surface area contributed by atoms with Gasteiger partial charge >= 0.3 is 5.97 Å². The van der Waals surface area contributed by atoms with Gasteiger partial charge in [-0.2, -0.15) is 5.26 Å². The number of hydrogen-bond donors (Lipinski definition) is 3. The molecular weight excluding hydrogens is 568 g/mol. The van der Waals surface area contributed by atoms with Crippen LogP contribution in [0.1, 0.15) is 71.9 Å². The maximum absolute atomic E-state index is 11.8. The van der Waals surface area contributed by atoms with Gasteiger partial charge in [-0.25, -0.2) is 14.8 Å². The van der Waals surface area contributed by atoms with Gasteiger partial charge in [-0.05, 0) is 91.1 Å². The summed E-state index contributed by atoms with van der Waals surface area (Å²) in [5, 5.41) is 20.9. The van der Waals surface area contributed by atoms with E-state index in [1.807, 2.05) is 31.2 Å². The van der Waals surface area contributed by atoms with Gasteiger partial charge in [0, 0.05) is 48.5 Å². The third-order valence-corrected chi connectivity index (χ3v) is 8.16. The van der Waals surface area contributed by atoms with Crippen molar-refractivity contribution in [3.63, 3.8) is 0 Å². The van der Waals surface area contributed by atoms with Crippen LogP contribution in [0.25, 0.3) is 5.57 Å². The first-order valence-corrected chi connectivity index (χ1v) is 15.6. The zero-order valence-corrected chi connectivity index (χ0v) is 26.7. The first-order valence-electron chi connectivity index (χ1n) is 15.2. The number of carbonyl (C=O) groups excluding carboxylic acids is 1. The molecule has 0 amide bonds. The smallest absolute Gasteiger partial charge is 0.334 e. The number of aliphatic imine (C=N–C) groups is 1. The lowest BCUT2D eigenvalue weighted by Crippen LogP contribution is -2.44. The quantitative estimate of drug-likeness (QED) is 0.139. The summed E-state index contributed by atoms with van der Waals surface area (Å²) in [5.41, 5.74) is 1.01. The fourth-order valence-electron chi connectivity index (χ4n) is 5.33. The number of allylic oxidation sites excluding steroid dienone is 3. The number of nitriles is 1. The topological polar surface area (TPSA) is 130 Å². The van der Waals surface area contributed by atoms with E-state index in [4.69, 9.17) is 30.8 Å². The molecule has 3 rings (SSSR count). The summed E-state index contributed by atoms with van der Waals surface area (Å²) in [6.45, 7) is 13.7. The number of anilines is 1. The van der Waals surface area contributed by atoms with Gasteiger partial charge in [0.25, 0.3) is 0 Å². The average Bonchev–Trinajstić information content (AvgIpc) is 3.02. The van der Waals surface area contributed by atoms with Gasteiger partial charge in [0.15, 0.2) is 6.10 Å². The lowest BCUT2D eigenvalue weighted by Gasteiger charge is -2.32. The van der Waals surface area contributed by atoms with E-state index in [2.05, 4.69) is 40.7 Å². The van der Waals surface area contributed by atoms with Gasteiger partial charge in [0.1, 0.15) is 11.6 Å². The molecule has 1 aliphatic heterocycles. The maximum Gasteiger partial charge on any atom is 0.334 e. The van der Waals surface area contributed by atoms with E-state index < -0.39 is 11.5 Å². The monoisotopic (exact) mass is 614 g/mol. The van der Waals surface area contributed by atoms with E-state index in [0.717, 1.165) is 31.3 Å². The molecule has 2 fully saturated rings. The van der Waals surface area contributed by atoms with Gasteiger partial charge in [0.2, 0.25) is 0 Å². The molecule has 0 radical (unpaired) electrons. The molecule has 0 aromatic carbocycles. The van der Waals surface area contributed by atoms with E-state index >= 15 is 0 Å².